The number of rotatable bonds is 5. The molecule has 0 bridgehead atoms. The lowest BCUT2D eigenvalue weighted by molar-refractivity contribution is -0.132. The van der Waals surface area contributed by atoms with Gasteiger partial charge in [-0.1, -0.05) is 53.5 Å². The summed E-state index contributed by atoms with van der Waals surface area (Å²) >= 11 is 12.6. The van der Waals surface area contributed by atoms with Crippen LogP contribution in [0.5, 0.6) is 11.5 Å². The zero-order valence-electron chi connectivity index (χ0n) is 18.3. The van der Waals surface area contributed by atoms with Gasteiger partial charge in [0, 0.05) is 6.07 Å². The average molecular weight is 520 g/mol. The molecule has 0 spiro atoms. The number of aliphatic hydroxyl groups excluding tert-OH is 1. The first-order valence-electron chi connectivity index (χ1n) is 10.1. The third kappa shape index (κ3) is 4.09. The van der Waals surface area contributed by atoms with Gasteiger partial charge in [-0.3, -0.25) is 14.5 Å². The normalized spacial score (nSPS) is 17.1. The minimum atomic E-state index is -1.25. The van der Waals surface area contributed by atoms with Crippen LogP contribution in [0.3, 0.4) is 0 Å². The molecular formula is C25H17Cl2F2NO5. The molecule has 4 rings (SSSR count). The number of benzene rings is 3. The van der Waals surface area contributed by atoms with E-state index in [4.69, 9.17) is 32.7 Å². The summed E-state index contributed by atoms with van der Waals surface area (Å²) < 4.78 is 38.8. The second-order valence-corrected chi connectivity index (χ2v) is 8.25. The van der Waals surface area contributed by atoms with E-state index in [1.54, 1.807) is 30.3 Å². The molecule has 3 aromatic carbocycles. The Labute approximate surface area is 208 Å². The Morgan fingerprint density at radius 1 is 0.971 bits per heavy atom. The number of carbonyl (C=O) groups is 2. The molecule has 0 saturated carbocycles. The molecule has 0 aromatic heterocycles. The van der Waals surface area contributed by atoms with Crippen LogP contribution >= 0.6 is 23.2 Å². The minimum absolute atomic E-state index is 0.00918. The van der Waals surface area contributed by atoms with Crippen molar-refractivity contribution in [2.24, 2.45) is 0 Å². The second kappa shape index (κ2) is 9.56. The van der Waals surface area contributed by atoms with Crippen molar-refractivity contribution in [1.82, 2.24) is 0 Å². The number of halogens is 4. The summed E-state index contributed by atoms with van der Waals surface area (Å²) in [7, 11) is 2.62. The molecule has 0 radical (unpaired) electrons. The van der Waals surface area contributed by atoms with E-state index in [0.29, 0.717) is 11.6 Å². The van der Waals surface area contributed by atoms with Crippen LogP contribution in [0, 0.1) is 11.6 Å². The molecule has 180 valence electrons. The number of carbonyl (C=O) groups excluding carboxylic acids is 2. The quantitative estimate of drug-likeness (QED) is 0.257. The van der Waals surface area contributed by atoms with E-state index >= 15 is 0 Å². The van der Waals surface area contributed by atoms with Crippen LogP contribution in [-0.4, -0.2) is 31.0 Å². The smallest absolute Gasteiger partial charge is 0.300 e. The van der Waals surface area contributed by atoms with Gasteiger partial charge in [0.1, 0.15) is 22.4 Å². The Bertz CT molecular complexity index is 1380. The highest BCUT2D eigenvalue weighted by atomic mass is 35.5. The number of hydrogen-bond acceptors (Lipinski definition) is 5. The lowest BCUT2D eigenvalue weighted by Crippen LogP contribution is -2.30. The Morgan fingerprint density at radius 3 is 2.23 bits per heavy atom. The van der Waals surface area contributed by atoms with Gasteiger partial charge in [-0.15, -0.1) is 0 Å². The van der Waals surface area contributed by atoms with E-state index in [-0.39, 0.29) is 38.4 Å². The highest BCUT2D eigenvalue weighted by Crippen LogP contribution is 2.48. The molecule has 35 heavy (non-hydrogen) atoms. The Morgan fingerprint density at radius 2 is 1.63 bits per heavy atom. The maximum absolute atomic E-state index is 14.8. The monoisotopic (exact) mass is 519 g/mol. The van der Waals surface area contributed by atoms with Crippen LogP contribution in [0.1, 0.15) is 17.2 Å². The molecule has 1 heterocycles. The summed E-state index contributed by atoms with van der Waals surface area (Å²) in [5, 5.41) is 11.3. The molecule has 6 nitrogen and oxygen atoms in total. The third-order valence-corrected chi connectivity index (χ3v) is 6.15. The number of ether oxygens (including phenoxy) is 2. The van der Waals surface area contributed by atoms with Gasteiger partial charge in [0.05, 0.1) is 42.1 Å². The molecule has 1 aliphatic heterocycles. The summed E-state index contributed by atoms with van der Waals surface area (Å²) in [5.41, 5.74) is -0.386. The molecule has 1 saturated heterocycles. The van der Waals surface area contributed by atoms with E-state index in [0.717, 1.165) is 17.0 Å². The van der Waals surface area contributed by atoms with Crippen LogP contribution < -0.4 is 14.4 Å². The Hall–Kier alpha value is -3.62. The van der Waals surface area contributed by atoms with Crippen molar-refractivity contribution in [2.45, 2.75) is 6.04 Å². The fourth-order valence-corrected chi connectivity index (χ4v) is 4.69. The summed E-state index contributed by atoms with van der Waals surface area (Å²) in [6, 6.07) is 10.8. The fourth-order valence-electron chi connectivity index (χ4n) is 4.00. The van der Waals surface area contributed by atoms with Crippen LogP contribution in [0.4, 0.5) is 14.5 Å². The van der Waals surface area contributed by atoms with Crippen molar-refractivity contribution in [3.8, 4) is 11.5 Å². The van der Waals surface area contributed by atoms with Gasteiger partial charge in [0.15, 0.2) is 11.5 Å². The van der Waals surface area contributed by atoms with E-state index in [1.807, 2.05) is 0 Å². The van der Waals surface area contributed by atoms with Crippen LogP contribution in [0.25, 0.3) is 5.76 Å². The lowest BCUT2D eigenvalue weighted by atomic mass is 9.94. The molecule has 10 heteroatoms. The van der Waals surface area contributed by atoms with Crippen LogP contribution in [0.2, 0.25) is 10.0 Å². The lowest BCUT2D eigenvalue weighted by Gasteiger charge is -2.26. The average Bonchev–Trinajstić information content (AvgIpc) is 3.09. The number of aliphatic hydroxyl groups is 1. The maximum Gasteiger partial charge on any atom is 0.300 e. The number of anilines is 1. The van der Waals surface area contributed by atoms with Gasteiger partial charge in [-0.2, -0.15) is 0 Å². The number of methoxy groups -OCH3 is 2. The summed E-state index contributed by atoms with van der Waals surface area (Å²) in [5.74, 6) is -4.75. The minimum Gasteiger partial charge on any atom is -0.507 e. The first-order chi connectivity index (χ1) is 16.7. The van der Waals surface area contributed by atoms with E-state index in [1.165, 1.54) is 20.3 Å². The van der Waals surface area contributed by atoms with Crippen LogP contribution in [-0.2, 0) is 9.59 Å². The molecule has 0 aliphatic carbocycles. The molecule has 1 aliphatic rings. The van der Waals surface area contributed by atoms with Gasteiger partial charge in [0.25, 0.3) is 11.7 Å². The van der Waals surface area contributed by atoms with E-state index < -0.39 is 35.1 Å². The Kier molecular flexibility index (Phi) is 6.69. The van der Waals surface area contributed by atoms with Gasteiger partial charge >= 0.3 is 0 Å². The zero-order valence-corrected chi connectivity index (χ0v) is 19.8. The zero-order chi connectivity index (χ0) is 25.4. The van der Waals surface area contributed by atoms with Gasteiger partial charge < -0.3 is 14.6 Å². The first-order valence-corrected chi connectivity index (χ1v) is 10.9. The number of nitrogens with zero attached hydrogens (tertiary/aromatic N) is 1. The topological polar surface area (TPSA) is 76.1 Å². The second-order valence-electron chi connectivity index (χ2n) is 7.46. The number of amides is 1. The van der Waals surface area contributed by atoms with Crippen LogP contribution in [0.15, 0.2) is 60.2 Å². The molecule has 1 N–H and O–H groups in total. The van der Waals surface area contributed by atoms with Gasteiger partial charge in [0.2, 0.25) is 0 Å². The molecule has 3 aromatic rings. The predicted molar refractivity (Wildman–Crippen MR) is 127 cm³/mol. The first kappa shape index (κ1) is 24.5. The van der Waals surface area contributed by atoms with E-state index in [9.17, 15) is 23.5 Å². The van der Waals surface area contributed by atoms with Crippen molar-refractivity contribution in [3.63, 3.8) is 0 Å². The molecule has 1 atom stereocenters. The van der Waals surface area contributed by atoms with Crippen molar-refractivity contribution >= 4 is 46.3 Å². The van der Waals surface area contributed by atoms with Crippen molar-refractivity contribution in [1.29, 1.82) is 0 Å². The molecular weight excluding hydrogens is 503 g/mol. The number of ketones is 1. The summed E-state index contributed by atoms with van der Waals surface area (Å²) in [6.07, 6.45) is 0. The van der Waals surface area contributed by atoms with Crippen molar-refractivity contribution in [3.05, 3.63) is 93.0 Å². The van der Waals surface area contributed by atoms with Gasteiger partial charge in [-0.05, 0) is 23.8 Å². The predicted octanol–water partition coefficient (Wildman–Crippen LogP) is 5.92. The highest BCUT2D eigenvalue weighted by Gasteiger charge is 2.48. The fraction of sp³-hybridized carbons (Fsp3) is 0.120. The molecule has 1 unspecified atom stereocenters. The largest absolute Gasteiger partial charge is 0.507 e. The third-order valence-electron chi connectivity index (χ3n) is 5.52. The summed E-state index contributed by atoms with van der Waals surface area (Å²) in [6.45, 7) is 0. The van der Waals surface area contributed by atoms with Crippen molar-refractivity contribution < 1.29 is 33.0 Å². The SMILES string of the molecule is COc1c(Cl)cc(/C(O)=C2\C(=O)C(=O)N(c3ccc(F)cc3F)C2c2ccccc2)c(OC)c1Cl. The highest BCUT2D eigenvalue weighted by molar-refractivity contribution is 6.52. The summed E-state index contributed by atoms with van der Waals surface area (Å²) in [4.78, 5) is 27.2. The molecule has 1 amide bonds. The van der Waals surface area contributed by atoms with Crippen molar-refractivity contribution in [2.75, 3.05) is 19.1 Å². The standard InChI is InChI=1S/C25H17Cl2F2NO5/c1-34-23-14(11-15(26)24(35-2)19(23)27)21(31)18-20(12-6-4-3-5-7-12)30(25(33)22(18)32)17-9-8-13(28)10-16(17)29/h3-11,20,31H,1-2H3/b21-18+. The number of hydrogen-bond donors (Lipinski definition) is 1. The maximum atomic E-state index is 14.8. The van der Waals surface area contributed by atoms with Gasteiger partial charge in [-0.25, -0.2) is 8.78 Å². The van der Waals surface area contributed by atoms with E-state index in [2.05, 4.69) is 0 Å². The molecule has 1 fully saturated rings. The Balaban J connectivity index is 2.02. The number of Topliss-reactive ketones (excluding diaryl/α,β-unsaturated/α-hetero) is 1.